The second kappa shape index (κ2) is 6.84. The topological polar surface area (TPSA) is 17.1 Å². The zero-order chi connectivity index (χ0) is 9.40. The third-order valence-corrected chi connectivity index (χ3v) is 1.85. The van der Waals surface area contributed by atoms with Crippen LogP contribution in [-0.2, 0) is 4.79 Å². The Hall–Kier alpha value is -0.850. The molecule has 0 heterocycles. The van der Waals surface area contributed by atoms with Gasteiger partial charge in [-0.1, -0.05) is 25.5 Å². The molecular weight excluding hydrogens is 148 g/mol. The molecule has 0 aliphatic carbocycles. The van der Waals surface area contributed by atoms with Crippen LogP contribution in [0.1, 0.15) is 32.6 Å². The number of rotatable bonds is 7. The summed E-state index contributed by atoms with van der Waals surface area (Å²) in [4.78, 5) is 11.2. The van der Waals surface area contributed by atoms with Gasteiger partial charge < -0.3 is 0 Å². The van der Waals surface area contributed by atoms with Gasteiger partial charge in [0.05, 0.1) is 0 Å². The third-order valence-electron chi connectivity index (χ3n) is 1.85. The van der Waals surface area contributed by atoms with E-state index in [0.717, 1.165) is 12.8 Å². The number of allylic oxidation sites excluding steroid dienone is 2. The lowest BCUT2D eigenvalue weighted by Gasteiger charge is -2.08. The van der Waals surface area contributed by atoms with Gasteiger partial charge in [-0.2, -0.15) is 0 Å². The van der Waals surface area contributed by atoms with E-state index in [-0.39, 0.29) is 5.78 Å². The highest BCUT2D eigenvalue weighted by Gasteiger charge is 2.07. The van der Waals surface area contributed by atoms with Gasteiger partial charge >= 0.3 is 0 Å². The summed E-state index contributed by atoms with van der Waals surface area (Å²) < 4.78 is 0. The Balaban J connectivity index is 3.75. The van der Waals surface area contributed by atoms with Crippen LogP contribution in [0.5, 0.6) is 0 Å². The van der Waals surface area contributed by atoms with Crippen LogP contribution in [0.2, 0.25) is 0 Å². The minimum atomic E-state index is 0.267. The first-order chi connectivity index (χ1) is 5.74. The molecule has 0 saturated heterocycles. The van der Waals surface area contributed by atoms with Crippen molar-refractivity contribution in [2.75, 3.05) is 0 Å². The quantitative estimate of drug-likeness (QED) is 0.531. The SMILES string of the molecule is C=CCC(=O)CC(C=C)CCC. The van der Waals surface area contributed by atoms with Crippen molar-refractivity contribution < 1.29 is 4.79 Å². The third kappa shape index (κ3) is 4.89. The molecule has 1 unspecified atom stereocenters. The normalized spacial score (nSPS) is 12.1. The molecule has 0 fully saturated rings. The van der Waals surface area contributed by atoms with Crippen molar-refractivity contribution in [2.45, 2.75) is 32.6 Å². The monoisotopic (exact) mass is 166 g/mol. The molecule has 0 aromatic heterocycles. The first-order valence-electron chi connectivity index (χ1n) is 4.49. The fourth-order valence-electron chi connectivity index (χ4n) is 1.21. The van der Waals surface area contributed by atoms with Crippen molar-refractivity contribution in [3.63, 3.8) is 0 Å². The van der Waals surface area contributed by atoms with Gasteiger partial charge in [-0.25, -0.2) is 0 Å². The summed E-state index contributed by atoms with van der Waals surface area (Å²) in [5, 5.41) is 0. The van der Waals surface area contributed by atoms with Crippen molar-refractivity contribution >= 4 is 5.78 Å². The molecule has 1 heteroatoms. The lowest BCUT2D eigenvalue weighted by molar-refractivity contribution is -0.118. The number of Topliss-reactive ketones (excluding diaryl/α,β-unsaturated/α-hetero) is 1. The standard InChI is InChI=1S/C11H18O/c1-4-7-10(6-3)9-11(12)8-5-2/h5-6,10H,2-4,7-9H2,1H3. The molecular formula is C11H18O. The Morgan fingerprint density at radius 1 is 1.50 bits per heavy atom. The van der Waals surface area contributed by atoms with Crippen LogP contribution in [-0.4, -0.2) is 5.78 Å². The first kappa shape index (κ1) is 11.2. The van der Waals surface area contributed by atoms with Crippen LogP contribution in [0, 0.1) is 5.92 Å². The van der Waals surface area contributed by atoms with E-state index >= 15 is 0 Å². The average Bonchev–Trinajstić information content (AvgIpc) is 2.04. The van der Waals surface area contributed by atoms with Crippen LogP contribution in [0.4, 0.5) is 0 Å². The van der Waals surface area contributed by atoms with Gasteiger partial charge in [-0.05, 0) is 12.3 Å². The molecule has 0 aliphatic heterocycles. The molecule has 12 heavy (non-hydrogen) atoms. The highest BCUT2D eigenvalue weighted by Crippen LogP contribution is 2.13. The van der Waals surface area contributed by atoms with E-state index in [2.05, 4.69) is 20.1 Å². The van der Waals surface area contributed by atoms with Gasteiger partial charge in [-0.15, -0.1) is 13.2 Å². The predicted octanol–water partition coefficient (Wildman–Crippen LogP) is 3.12. The second-order valence-corrected chi connectivity index (χ2v) is 3.02. The molecule has 0 aromatic carbocycles. The molecule has 0 spiro atoms. The van der Waals surface area contributed by atoms with E-state index in [0.29, 0.717) is 18.8 Å². The van der Waals surface area contributed by atoms with Crippen molar-refractivity contribution in [1.82, 2.24) is 0 Å². The summed E-state index contributed by atoms with van der Waals surface area (Å²) in [7, 11) is 0. The zero-order valence-electron chi connectivity index (χ0n) is 7.88. The molecule has 1 atom stereocenters. The molecule has 0 saturated carbocycles. The van der Waals surface area contributed by atoms with Crippen LogP contribution in [0.3, 0.4) is 0 Å². The number of carbonyl (C=O) groups excluding carboxylic acids is 1. The van der Waals surface area contributed by atoms with E-state index in [4.69, 9.17) is 0 Å². The first-order valence-corrected chi connectivity index (χ1v) is 4.49. The van der Waals surface area contributed by atoms with E-state index < -0.39 is 0 Å². The van der Waals surface area contributed by atoms with E-state index in [1.54, 1.807) is 6.08 Å². The molecule has 0 bridgehead atoms. The van der Waals surface area contributed by atoms with Gasteiger partial charge in [0.1, 0.15) is 5.78 Å². The smallest absolute Gasteiger partial charge is 0.137 e. The zero-order valence-corrected chi connectivity index (χ0v) is 7.88. The number of hydrogen-bond donors (Lipinski definition) is 0. The number of ketones is 1. The minimum Gasteiger partial charge on any atom is -0.299 e. The van der Waals surface area contributed by atoms with Crippen molar-refractivity contribution in [2.24, 2.45) is 5.92 Å². The fraction of sp³-hybridized carbons (Fsp3) is 0.545. The molecule has 0 amide bonds. The fourth-order valence-corrected chi connectivity index (χ4v) is 1.21. The summed E-state index contributed by atoms with van der Waals surface area (Å²) in [6, 6.07) is 0. The van der Waals surface area contributed by atoms with E-state index in [1.165, 1.54) is 0 Å². The Morgan fingerprint density at radius 3 is 2.58 bits per heavy atom. The van der Waals surface area contributed by atoms with Crippen LogP contribution in [0.25, 0.3) is 0 Å². The lowest BCUT2D eigenvalue weighted by atomic mass is 9.96. The van der Waals surface area contributed by atoms with Crippen LogP contribution >= 0.6 is 0 Å². The summed E-state index contributed by atoms with van der Waals surface area (Å²) in [5.41, 5.74) is 0. The highest BCUT2D eigenvalue weighted by atomic mass is 16.1. The predicted molar refractivity (Wildman–Crippen MR) is 53.0 cm³/mol. The average molecular weight is 166 g/mol. The molecule has 0 N–H and O–H groups in total. The molecule has 0 rings (SSSR count). The Kier molecular flexibility index (Phi) is 6.35. The van der Waals surface area contributed by atoms with Gasteiger partial charge in [-0.3, -0.25) is 4.79 Å². The summed E-state index contributed by atoms with van der Waals surface area (Å²) in [5.74, 6) is 0.630. The molecule has 0 aromatic rings. The van der Waals surface area contributed by atoms with Gasteiger partial charge in [0, 0.05) is 12.8 Å². The molecule has 0 radical (unpaired) electrons. The van der Waals surface area contributed by atoms with Crippen LogP contribution < -0.4 is 0 Å². The van der Waals surface area contributed by atoms with Crippen molar-refractivity contribution in [1.29, 1.82) is 0 Å². The number of carbonyl (C=O) groups is 1. The molecule has 1 nitrogen and oxygen atoms in total. The Bertz CT molecular complexity index is 158. The highest BCUT2D eigenvalue weighted by molar-refractivity contribution is 5.80. The maximum Gasteiger partial charge on any atom is 0.137 e. The lowest BCUT2D eigenvalue weighted by Crippen LogP contribution is -2.04. The minimum absolute atomic E-state index is 0.267. The Morgan fingerprint density at radius 2 is 2.17 bits per heavy atom. The van der Waals surface area contributed by atoms with Gasteiger partial charge in [0.15, 0.2) is 0 Å². The second-order valence-electron chi connectivity index (χ2n) is 3.02. The maximum atomic E-state index is 11.2. The van der Waals surface area contributed by atoms with Crippen LogP contribution in [0.15, 0.2) is 25.3 Å². The summed E-state index contributed by atoms with van der Waals surface area (Å²) >= 11 is 0. The van der Waals surface area contributed by atoms with Crippen molar-refractivity contribution in [3.8, 4) is 0 Å². The summed E-state index contributed by atoms with van der Waals surface area (Å²) in [6.45, 7) is 9.37. The molecule has 68 valence electrons. The van der Waals surface area contributed by atoms with E-state index in [1.807, 2.05) is 6.08 Å². The van der Waals surface area contributed by atoms with Crippen molar-refractivity contribution in [3.05, 3.63) is 25.3 Å². The number of hydrogen-bond acceptors (Lipinski definition) is 1. The Labute approximate surface area is 75.2 Å². The van der Waals surface area contributed by atoms with Gasteiger partial charge in [0.2, 0.25) is 0 Å². The maximum absolute atomic E-state index is 11.2. The van der Waals surface area contributed by atoms with Gasteiger partial charge in [0.25, 0.3) is 0 Å². The van der Waals surface area contributed by atoms with E-state index in [9.17, 15) is 4.79 Å². The molecule has 0 aliphatic rings. The summed E-state index contributed by atoms with van der Waals surface area (Å²) in [6.07, 6.45) is 6.83. The largest absolute Gasteiger partial charge is 0.299 e.